The molecule has 1 N–H and O–H groups in total. The van der Waals surface area contributed by atoms with Gasteiger partial charge in [-0.15, -0.1) is 0 Å². The lowest BCUT2D eigenvalue weighted by molar-refractivity contribution is -0.0229. The Hall–Kier alpha value is -2.71. The van der Waals surface area contributed by atoms with Crippen molar-refractivity contribution in [2.24, 2.45) is 11.8 Å². The highest BCUT2D eigenvalue weighted by Gasteiger charge is 2.44. The number of aromatic nitrogens is 2. The molecule has 0 unspecified atom stereocenters. The van der Waals surface area contributed by atoms with Crippen molar-refractivity contribution in [3.63, 3.8) is 0 Å². The van der Waals surface area contributed by atoms with E-state index < -0.39 is 6.10 Å². The Morgan fingerprint density at radius 2 is 2.03 bits per heavy atom. The van der Waals surface area contributed by atoms with Crippen molar-refractivity contribution >= 4 is 17.2 Å². The van der Waals surface area contributed by atoms with Gasteiger partial charge < -0.3 is 19.3 Å². The van der Waals surface area contributed by atoms with Gasteiger partial charge in [-0.2, -0.15) is 16.3 Å². The van der Waals surface area contributed by atoms with Crippen LogP contribution in [0.3, 0.4) is 0 Å². The van der Waals surface area contributed by atoms with Crippen LogP contribution in [0.1, 0.15) is 29.0 Å². The number of hydrogen-bond acceptors (Lipinski definition) is 7. The summed E-state index contributed by atoms with van der Waals surface area (Å²) in [6.45, 7) is 3.17. The summed E-state index contributed by atoms with van der Waals surface area (Å²) in [6.07, 6.45) is 0.411. The van der Waals surface area contributed by atoms with Gasteiger partial charge in [-0.05, 0) is 55.2 Å². The van der Waals surface area contributed by atoms with Gasteiger partial charge in [0.2, 0.25) is 0 Å². The van der Waals surface area contributed by atoms with E-state index in [1.807, 2.05) is 46.0 Å². The molecule has 2 aliphatic rings. The summed E-state index contributed by atoms with van der Waals surface area (Å²) >= 11 is 1.53. The Labute approximate surface area is 178 Å². The number of para-hydroxylation sites is 1. The van der Waals surface area contributed by atoms with E-state index in [4.69, 9.17) is 9.26 Å². The monoisotopic (exact) mass is 425 g/mol. The van der Waals surface area contributed by atoms with Crippen molar-refractivity contribution in [1.82, 2.24) is 15.0 Å². The number of rotatable bonds is 4. The van der Waals surface area contributed by atoms with Crippen LogP contribution in [-0.2, 0) is 0 Å². The van der Waals surface area contributed by atoms with Crippen molar-refractivity contribution in [3.05, 3.63) is 52.5 Å². The molecule has 30 heavy (non-hydrogen) atoms. The summed E-state index contributed by atoms with van der Waals surface area (Å²) in [5.41, 5.74) is 1.46. The quantitative estimate of drug-likeness (QED) is 0.689. The van der Waals surface area contributed by atoms with Gasteiger partial charge in [0.1, 0.15) is 11.9 Å². The topological polar surface area (TPSA) is 88.7 Å². The summed E-state index contributed by atoms with van der Waals surface area (Å²) in [6, 6.07) is 9.37. The highest BCUT2D eigenvalue weighted by Crippen LogP contribution is 2.40. The molecule has 2 fully saturated rings. The number of aliphatic hydroxyl groups excluding tert-OH is 1. The molecule has 3 aromatic rings. The maximum Gasteiger partial charge on any atom is 0.261 e. The largest absolute Gasteiger partial charge is 0.487 e. The smallest absolute Gasteiger partial charge is 0.261 e. The number of aliphatic hydroxyl groups is 1. The fourth-order valence-corrected chi connectivity index (χ4v) is 5.20. The number of hydrogen-bond donors (Lipinski definition) is 1. The Morgan fingerprint density at radius 3 is 2.77 bits per heavy atom. The third-order valence-electron chi connectivity index (χ3n) is 6.06. The SMILES string of the molecule is Cc1noc(-c2ccccc2O[C@@H]2C[C@@H]3CN(C(=O)c4ccsc4)C[C@@H]3C[C@H]2O)n1. The van der Waals surface area contributed by atoms with Crippen LogP contribution in [0, 0.1) is 18.8 Å². The van der Waals surface area contributed by atoms with E-state index in [-0.39, 0.29) is 12.0 Å². The third kappa shape index (κ3) is 3.61. The zero-order valence-electron chi connectivity index (χ0n) is 16.6. The number of thiophene rings is 1. The van der Waals surface area contributed by atoms with Gasteiger partial charge in [-0.1, -0.05) is 17.3 Å². The Bertz CT molecular complexity index is 1030. The summed E-state index contributed by atoms with van der Waals surface area (Å²) < 4.78 is 11.6. The molecule has 1 saturated carbocycles. The second-order valence-electron chi connectivity index (χ2n) is 8.08. The number of aryl methyl sites for hydroxylation is 1. The van der Waals surface area contributed by atoms with Crippen LogP contribution >= 0.6 is 11.3 Å². The molecular formula is C22H23N3O4S. The fourth-order valence-electron chi connectivity index (χ4n) is 4.57. The minimum Gasteiger partial charge on any atom is -0.487 e. The second-order valence-corrected chi connectivity index (χ2v) is 8.86. The average Bonchev–Trinajstić information content (AvgIpc) is 3.49. The first-order valence-corrected chi connectivity index (χ1v) is 11.1. The van der Waals surface area contributed by atoms with E-state index in [1.165, 1.54) is 11.3 Å². The number of nitrogens with zero attached hydrogens (tertiary/aromatic N) is 3. The van der Waals surface area contributed by atoms with Crippen LogP contribution in [-0.4, -0.2) is 51.4 Å². The average molecular weight is 426 g/mol. The van der Waals surface area contributed by atoms with Gasteiger partial charge in [0, 0.05) is 18.5 Å². The predicted octanol–water partition coefficient (Wildman–Crippen LogP) is 3.40. The number of carbonyl (C=O) groups is 1. The maximum atomic E-state index is 12.7. The number of carbonyl (C=O) groups excluding carboxylic acids is 1. The molecule has 0 radical (unpaired) electrons. The standard InChI is InChI=1S/C22H23N3O4S/c1-13-23-21(29-24-13)17-4-2-3-5-19(17)28-20-9-16-11-25(10-15(16)8-18(20)26)22(27)14-6-7-30-12-14/h2-7,12,15-16,18,20,26H,8-11H2,1H3/t15-,16+,18+,20+/m0/s1. The van der Waals surface area contributed by atoms with Gasteiger partial charge in [0.25, 0.3) is 11.8 Å². The maximum absolute atomic E-state index is 12.7. The van der Waals surface area contributed by atoms with E-state index in [9.17, 15) is 9.90 Å². The highest BCUT2D eigenvalue weighted by molar-refractivity contribution is 7.08. The first-order chi connectivity index (χ1) is 14.6. The van der Waals surface area contributed by atoms with Crippen molar-refractivity contribution < 1.29 is 19.2 Å². The number of likely N-dealkylation sites (tertiary alicyclic amines) is 1. The number of ether oxygens (including phenoxy) is 1. The van der Waals surface area contributed by atoms with Crippen LogP contribution in [0.25, 0.3) is 11.5 Å². The van der Waals surface area contributed by atoms with Gasteiger partial charge in [0.05, 0.1) is 17.2 Å². The lowest BCUT2D eigenvalue weighted by Gasteiger charge is -2.35. The molecule has 7 nitrogen and oxygen atoms in total. The molecule has 0 bridgehead atoms. The van der Waals surface area contributed by atoms with E-state index >= 15 is 0 Å². The third-order valence-corrected chi connectivity index (χ3v) is 6.75. The molecule has 156 valence electrons. The molecule has 1 amide bonds. The van der Waals surface area contributed by atoms with Crippen LogP contribution in [0.4, 0.5) is 0 Å². The molecule has 2 aromatic heterocycles. The number of benzene rings is 1. The Balaban J connectivity index is 1.31. The minimum atomic E-state index is -0.583. The number of fused-ring (bicyclic) bond motifs is 1. The van der Waals surface area contributed by atoms with Crippen molar-refractivity contribution in [2.45, 2.75) is 32.0 Å². The summed E-state index contributed by atoms with van der Waals surface area (Å²) in [5, 5.41) is 18.4. The molecule has 8 heteroatoms. The zero-order chi connectivity index (χ0) is 20.7. The van der Waals surface area contributed by atoms with Crippen molar-refractivity contribution in [3.8, 4) is 17.2 Å². The van der Waals surface area contributed by atoms with Gasteiger partial charge in [-0.3, -0.25) is 4.79 Å². The molecule has 5 rings (SSSR count). The highest BCUT2D eigenvalue weighted by atomic mass is 32.1. The molecule has 3 heterocycles. The van der Waals surface area contributed by atoms with Crippen molar-refractivity contribution in [1.29, 1.82) is 0 Å². The molecule has 1 aliphatic heterocycles. The van der Waals surface area contributed by atoms with Crippen LogP contribution < -0.4 is 4.74 Å². The Morgan fingerprint density at radius 1 is 1.23 bits per heavy atom. The van der Waals surface area contributed by atoms with E-state index in [0.717, 1.165) is 5.56 Å². The van der Waals surface area contributed by atoms with E-state index in [0.29, 0.717) is 60.8 Å². The van der Waals surface area contributed by atoms with Crippen LogP contribution in [0.15, 0.2) is 45.6 Å². The van der Waals surface area contributed by atoms with E-state index in [2.05, 4.69) is 10.1 Å². The molecule has 1 aromatic carbocycles. The first kappa shape index (κ1) is 19.3. The molecule has 1 aliphatic carbocycles. The summed E-state index contributed by atoms with van der Waals surface area (Å²) in [4.78, 5) is 18.9. The second kappa shape index (κ2) is 7.85. The summed E-state index contributed by atoms with van der Waals surface area (Å²) in [7, 11) is 0. The van der Waals surface area contributed by atoms with Crippen LogP contribution in [0.5, 0.6) is 5.75 Å². The van der Waals surface area contributed by atoms with E-state index in [1.54, 1.807) is 6.92 Å². The molecule has 1 saturated heterocycles. The van der Waals surface area contributed by atoms with Crippen LogP contribution in [0.2, 0.25) is 0 Å². The fraction of sp³-hybridized carbons (Fsp3) is 0.409. The van der Waals surface area contributed by atoms with Gasteiger partial charge in [-0.25, -0.2) is 0 Å². The Kier molecular flexibility index (Phi) is 5.04. The van der Waals surface area contributed by atoms with Gasteiger partial charge in [0.15, 0.2) is 5.82 Å². The first-order valence-electron chi connectivity index (χ1n) is 10.1. The number of amides is 1. The minimum absolute atomic E-state index is 0.0784. The van der Waals surface area contributed by atoms with Crippen molar-refractivity contribution in [2.75, 3.05) is 13.1 Å². The molecule has 0 spiro atoms. The lowest BCUT2D eigenvalue weighted by atomic mass is 9.78. The molecular weight excluding hydrogens is 402 g/mol. The van der Waals surface area contributed by atoms with Gasteiger partial charge >= 0.3 is 0 Å². The predicted molar refractivity (Wildman–Crippen MR) is 111 cm³/mol. The zero-order valence-corrected chi connectivity index (χ0v) is 17.4. The normalized spacial score (nSPS) is 25.9. The lowest BCUT2D eigenvalue weighted by Crippen LogP contribution is -2.42. The summed E-state index contributed by atoms with van der Waals surface area (Å²) in [5.74, 6) is 2.28. The molecule has 4 atom stereocenters.